The highest BCUT2D eigenvalue weighted by molar-refractivity contribution is 6.22. The number of ether oxygens (including phenoxy) is 2. The monoisotopic (exact) mass is 310 g/mol. The summed E-state index contributed by atoms with van der Waals surface area (Å²) in [5.74, 6) is -0.621. The van der Waals surface area contributed by atoms with Gasteiger partial charge in [0.05, 0.1) is 18.6 Å². The molecular weight excluding hydrogens is 298 g/mol. The normalized spacial score (nSPS) is 15.4. The fourth-order valence-electron chi connectivity index (χ4n) is 2.23. The Bertz CT molecular complexity index is 661. The van der Waals surface area contributed by atoms with E-state index in [-0.39, 0.29) is 5.56 Å². The molecule has 2 aromatic carbocycles. The zero-order chi connectivity index (χ0) is 14.8. The molecule has 3 rings (SSSR count). The smallest absolute Gasteiger partial charge is 0.163 e. The summed E-state index contributed by atoms with van der Waals surface area (Å²) in [5, 5.41) is -0.794. The topological polar surface area (TPSA) is 18.5 Å². The molecular formula is C16H13ClF2O2. The lowest BCUT2D eigenvalue weighted by Crippen LogP contribution is -2.00. The van der Waals surface area contributed by atoms with E-state index in [1.807, 2.05) is 0 Å². The third-order valence-corrected chi connectivity index (χ3v) is 3.81. The number of alkyl halides is 1. The standard InChI is InChI=1S/C16H13ClF2O2/c17-15(11-3-1-4-12(18)16(11)19)10-5-6-13-14(9-10)21-8-2-7-20-13/h1,3-6,9,15H,2,7-8H2. The van der Waals surface area contributed by atoms with E-state index in [2.05, 4.69) is 0 Å². The van der Waals surface area contributed by atoms with Crippen molar-refractivity contribution in [2.24, 2.45) is 0 Å². The second-order valence-electron chi connectivity index (χ2n) is 4.76. The van der Waals surface area contributed by atoms with E-state index < -0.39 is 17.0 Å². The summed E-state index contributed by atoms with van der Waals surface area (Å²) in [7, 11) is 0. The van der Waals surface area contributed by atoms with Crippen LogP contribution in [-0.2, 0) is 0 Å². The van der Waals surface area contributed by atoms with E-state index in [4.69, 9.17) is 21.1 Å². The van der Waals surface area contributed by atoms with Crippen molar-refractivity contribution in [1.82, 2.24) is 0 Å². The second-order valence-corrected chi connectivity index (χ2v) is 5.20. The van der Waals surface area contributed by atoms with E-state index >= 15 is 0 Å². The van der Waals surface area contributed by atoms with Crippen molar-refractivity contribution in [3.05, 3.63) is 59.2 Å². The molecule has 0 N–H and O–H groups in total. The molecule has 0 spiro atoms. The van der Waals surface area contributed by atoms with Gasteiger partial charge >= 0.3 is 0 Å². The van der Waals surface area contributed by atoms with Crippen LogP contribution in [0.1, 0.15) is 22.9 Å². The predicted molar refractivity (Wildman–Crippen MR) is 76.1 cm³/mol. The summed E-state index contributed by atoms with van der Waals surface area (Å²) in [4.78, 5) is 0. The maximum atomic E-state index is 13.8. The van der Waals surface area contributed by atoms with E-state index in [0.717, 1.165) is 12.5 Å². The lowest BCUT2D eigenvalue weighted by molar-refractivity contribution is 0.297. The van der Waals surface area contributed by atoms with E-state index in [1.54, 1.807) is 18.2 Å². The van der Waals surface area contributed by atoms with E-state index in [9.17, 15) is 8.78 Å². The number of hydrogen-bond acceptors (Lipinski definition) is 2. The number of halogens is 3. The first-order valence-corrected chi connectivity index (χ1v) is 7.08. The first-order valence-electron chi connectivity index (χ1n) is 6.64. The molecule has 1 aliphatic heterocycles. The molecule has 21 heavy (non-hydrogen) atoms. The zero-order valence-corrected chi connectivity index (χ0v) is 11.9. The summed E-state index contributed by atoms with van der Waals surface area (Å²) < 4.78 is 38.2. The van der Waals surface area contributed by atoms with Crippen LogP contribution in [0.4, 0.5) is 8.78 Å². The summed E-state index contributed by atoms with van der Waals surface area (Å²) in [6, 6.07) is 9.16. The van der Waals surface area contributed by atoms with Crippen LogP contribution < -0.4 is 9.47 Å². The Morgan fingerprint density at radius 2 is 1.76 bits per heavy atom. The van der Waals surface area contributed by atoms with Crippen molar-refractivity contribution < 1.29 is 18.3 Å². The molecule has 0 fully saturated rings. The van der Waals surface area contributed by atoms with Crippen molar-refractivity contribution in [1.29, 1.82) is 0 Å². The largest absolute Gasteiger partial charge is 0.490 e. The Labute approximate surface area is 126 Å². The van der Waals surface area contributed by atoms with Gasteiger partial charge in [-0.25, -0.2) is 8.78 Å². The van der Waals surface area contributed by atoms with Crippen LogP contribution in [0.3, 0.4) is 0 Å². The average Bonchev–Trinajstić information content (AvgIpc) is 2.74. The van der Waals surface area contributed by atoms with Crippen molar-refractivity contribution in [2.75, 3.05) is 13.2 Å². The van der Waals surface area contributed by atoms with Crippen LogP contribution in [0.2, 0.25) is 0 Å². The minimum Gasteiger partial charge on any atom is -0.490 e. The molecule has 1 heterocycles. The molecule has 1 aliphatic rings. The molecule has 0 radical (unpaired) electrons. The molecule has 2 aromatic rings. The molecule has 0 saturated carbocycles. The van der Waals surface area contributed by atoms with Crippen molar-refractivity contribution in [3.8, 4) is 11.5 Å². The molecule has 0 saturated heterocycles. The van der Waals surface area contributed by atoms with E-state index in [1.165, 1.54) is 12.1 Å². The van der Waals surface area contributed by atoms with Gasteiger partial charge in [-0.3, -0.25) is 0 Å². The van der Waals surface area contributed by atoms with Gasteiger partial charge < -0.3 is 9.47 Å². The van der Waals surface area contributed by atoms with Crippen LogP contribution >= 0.6 is 11.6 Å². The van der Waals surface area contributed by atoms with Gasteiger partial charge in [0.1, 0.15) is 0 Å². The third-order valence-electron chi connectivity index (χ3n) is 3.32. The highest BCUT2D eigenvalue weighted by atomic mass is 35.5. The first-order chi connectivity index (χ1) is 10.2. The SMILES string of the molecule is Fc1cccc(C(Cl)c2ccc3c(c2)OCCCO3)c1F. The summed E-state index contributed by atoms with van der Waals surface area (Å²) in [6.45, 7) is 1.15. The quantitative estimate of drug-likeness (QED) is 0.763. The van der Waals surface area contributed by atoms with Crippen LogP contribution in [0.15, 0.2) is 36.4 Å². The Hall–Kier alpha value is -1.81. The Morgan fingerprint density at radius 1 is 1.00 bits per heavy atom. The summed E-state index contributed by atoms with van der Waals surface area (Å²) in [6.07, 6.45) is 0.798. The highest BCUT2D eigenvalue weighted by Crippen LogP contribution is 2.37. The van der Waals surface area contributed by atoms with Crippen LogP contribution in [0.5, 0.6) is 11.5 Å². The molecule has 0 aliphatic carbocycles. The molecule has 110 valence electrons. The maximum absolute atomic E-state index is 13.8. The molecule has 0 aromatic heterocycles. The Balaban J connectivity index is 1.96. The fourth-order valence-corrected chi connectivity index (χ4v) is 2.54. The van der Waals surface area contributed by atoms with Gasteiger partial charge in [0.2, 0.25) is 0 Å². The lowest BCUT2D eigenvalue weighted by Gasteiger charge is -2.14. The van der Waals surface area contributed by atoms with Crippen molar-refractivity contribution in [3.63, 3.8) is 0 Å². The number of benzene rings is 2. The van der Waals surface area contributed by atoms with Crippen molar-refractivity contribution >= 4 is 11.6 Å². The Kier molecular flexibility index (Phi) is 3.97. The predicted octanol–water partition coefficient (Wildman–Crippen LogP) is 4.45. The van der Waals surface area contributed by atoms with Gasteiger partial charge in [0, 0.05) is 12.0 Å². The lowest BCUT2D eigenvalue weighted by atomic mass is 10.0. The second kappa shape index (κ2) is 5.90. The molecule has 5 heteroatoms. The van der Waals surface area contributed by atoms with Gasteiger partial charge in [0.25, 0.3) is 0 Å². The minimum absolute atomic E-state index is 0.103. The van der Waals surface area contributed by atoms with Crippen molar-refractivity contribution in [2.45, 2.75) is 11.8 Å². The molecule has 2 nitrogen and oxygen atoms in total. The number of fused-ring (bicyclic) bond motifs is 1. The summed E-state index contributed by atoms with van der Waals surface area (Å²) in [5.41, 5.74) is 0.733. The minimum atomic E-state index is -0.926. The molecule has 0 amide bonds. The molecule has 1 atom stereocenters. The van der Waals surface area contributed by atoms with Gasteiger partial charge in [-0.15, -0.1) is 11.6 Å². The van der Waals surface area contributed by atoms with Crippen LogP contribution in [0, 0.1) is 11.6 Å². The highest BCUT2D eigenvalue weighted by Gasteiger charge is 2.20. The average molecular weight is 311 g/mol. The van der Waals surface area contributed by atoms with Crippen LogP contribution in [0.25, 0.3) is 0 Å². The molecule has 0 bridgehead atoms. The number of rotatable bonds is 2. The zero-order valence-electron chi connectivity index (χ0n) is 11.1. The third kappa shape index (κ3) is 2.81. The van der Waals surface area contributed by atoms with Gasteiger partial charge in [-0.05, 0) is 23.8 Å². The maximum Gasteiger partial charge on any atom is 0.163 e. The Morgan fingerprint density at radius 3 is 2.57 bits per heavy atom. The first kappa shape index (κ1) is 14.1. The van der Waals surface area contributed by atoms with Gasteiger partial charge in [-0.1, -0.05) is 18.2 Å². The number of hydrogen-bond donors (Lipinski definition) is 0. The van der Waals surface area contributed by atoms with Gasteiger partial charge in [0.15, 0.2) is 23.1 Å². The molecule has 1 unspecified atom stereocenters. The van der Waals surface area contributed by atoms with Crippen LogP contribution in [-0.4, -0.2) is 13.2 Å². The van der Waals surface area contributed by atoms with Gasteiger partial charge in [-0.2, -0.15) is 0 Å². The summed E-state index contributed by atoms with van der Waals surface area (Å²) >= 11 is 6.29. The van der Waals surface area contributed by atoms with E-state index in [0.29, 0.717) is 30.3 Å². The fraction of sp³-hybridized carbons (Fsp3) is 0.250.